The Bertz CT molecular complexity index is 851. The number of hydrogen-bond donors (Lipinski definition) is 2. The number of ether oxygens (including phenoxy) is 2. The summed E-state index contributed by atoms with van der Waals surface area (Å²) in [7, 11) is 0. The molecular weight excluding hydrogens is 372 g/mol. The lowest BCUT2D eigenvalue weighted by Crippen LogP contribution is -2.58. The van der Waals surface area contributed by atoms with Gasteiger partial charge in [0.1, 0.15) is 19.8 Å². The second kappa shape index (κ2) is 7.35. The summed E-state index contributed by atoms with van der Waals surface area (Å²) in [6.45, 7) is 3.03. The van der Waals surface area contributed by atoms with Gasteiger partial charge in [0.25, 0.3) is 5.91 Å². The Balaban J connectivity index is 1.19. The van der Waals surface area contributed by atoms with Crippen molar-refractivity contribution in [2.75, 3.05) is 38.2 Å². The molecule has 4 aliphatic rings. The van der Waals surface area contributed by atoms with Crippen LogP contribution in [0.4, 0.5) is 5.69 Å². The van der Waals surface area contributed by atoms with Crippen LogP contribution < -0.4 is 20.2 Å². The summed E-state index contributed by atoms with van der Waals surface area (Å²) in [4.78, 5) is 27.2. The van der Waals surface area contributed by atoms with Crippen LogP contribution in [-0.4, -0.2) is 60.7 Å². The van der Waals surface area contributed by atoms with Crippen molar-refractivity contribution in [3.63, 3.8) is 0 Å². The van der Waals surface area contributed by atoms with Crippen LogP contribution in [0.2, 0.25) is 0 Å². The Morgan fingerprint density at radius 3 is 2.79 bits per heavy atom. The first kappa shape index (κ1) is 18.4. The maximum Gasteiger partial charge on any atom is 0.261 e. The van der Waals surface area contributed by atoms with Crippen molar-refractivity contribution in [1.82, 2.24) is 15.3 Å². The second-order valence-corrected chi connectivity index (χ2v) is 8.34. The van der Waals surface area contributed by atoms with Gasteiger partial charge < -0.3 is 14.8 Å². The summed E-state index contributed by atoms with van der Waals surface area (Å²) in [5, 5.41) is 4.22. The Kier molecular flexibility index (Phi) is 4.67. The van der Waals surface area contributed by atoms with Crippen molar-refractivity contribution in [3.05, 3.63) is 30.4 Å². The van der Waals surface area contributed by atoms with E-state index in [4.69, 9.17) is 9.47 Å². The molecule has 1 atom stereocenters. The third-order valence-electron chi connectivity index (χ3n) is 6.38. The van der Waals surface area contributed by atoms with Crippen molar-refractivity contribution in [1.29, 1.82) is 0 Å². The van der Waals surface area contributed by atoms with Crippen molar-refractivity contribution >= 4 is 17.5 Å². The molecule has 5 rings (SSSR count). The molecule has 1 saturated heterocycles. The highest BCUT2D eigenvalue weighted by Gasteiger charge is 2.44. The Labute approximate surface area is 169 Å². The van der Waals surface area contributed by atoms with Crippen LogP contribution in [0.25, 0.3) is 0 Å². The topological polar surface area (TPSA) is 83.1 Å². The van der Waals surface area contributed by atoms with E-state index in [9.17, 15) is 9.59 Å². The number of amides is 2. The minimum absolute atomic E-state index is 0.0465. The van der Waals surface area contributed by atoms with Gasteiger partial charge in [-0.15, -0.1) is 0 Å². The first-order valence-electron chi connectivity index (χ1n) is 10.3. The van der Waals surface area contributed by atoms with Crippen LogP contribution in [0.15, 0.2) is 30.4 Å². The number of rotatable bonds is 4. The lowest BCUT2D eigenvalue weighted by Gasteiger charge is -2.40. The predicted octanol–water partition coefficient (Wildman–Crippen LogP) is 1.50. The van der Waals surface area contributed by atoms with Gasteiger partial charge in [-0.1, -0.05) is 6.42 Å². The van der Waals surface area contributed by atoms with Crippen LogP contribution in [0.5, 0.6) is 11.5 Å². The molecule has 1 aromatic carbocycles. The fourth-order valence-corrected chi connectivity index (χ4v) is 4.61. The number of carbonyl (C=O) groups excluding carboxylic acids is 2. The number of hydrogen-bond acceptors (Lipinski definition) is 6. The molecule has 2 amide bonds. The minimum Gasteiger partial charge on any atom is -0.486 e. The fraction of sp³-hybridized carbons (Fsp3) is 0.524. The van der Waals surface area contributed by atoms with Crippen molar-refractivity contribution in [2.24, 2.45) is 5.41 Å². The number of fused-ring (bicyclic) bond motifs is 1. The van der Waals surface area contributed by atoms with Gasteiger partial charge in [0.15, 0.2) is 11.5 Å². The molecule has 0 aromatic heterocycles. The lowest BCUT2D eigenvalue weighted by molar-refractivity contribution is -0.136. The number of hydrazine groups is 1. The van der Waals surface area contributed by atoms with Crippen molar-refractivity contribution < 1.29 is 19.1 Å². The van der Waals surface area contributed by atoms with E-state index in [0.717, 1.165) is 13.1 Å². The molecule has 3 heterocycles. The highest BCUT2D eigenvalue weighted by atomic mass is 16.6. The molecule has 1 aliphatic carbocycles. The average Bonchev–Trinajstić information content (AvgIpc) is 3.16. The first-order valence-corrected chi connectivity index (χ1v) is 10.3. The summed E-state index contributed by atoms with van der Waals surface area (Å²) >= 11 is 0. The number of benzene rings is 1. The molecule has 8 nitrogen and oxygen atoms in total. The van der Waals surface area contributed by atoms with E-state index in [-0.39, 0.29) is 24.5 Å². The standard InChI is InChI=1S/C21H26N4O4/c26-19(22-15-2-3-16-17(12-15)29-11-10-28-16)13-25-20(27)5-4-18(23-25)24-9-8-21(14-24)6-1-7-21/h2-5,12,18,23H,1,6-11,13-14H2,(H,22,26). The maximum absolute atomic E-state index is 12.5. The lowest BCUT2D eigenvalue weighted by atomic mass is 9.68. The zero-order chi connectivity index (χ0) is 19.8. The Morgan fingerprint density at radius 2 is 2.03 bits per heavy atom. The minimum atomic E-state index is -0.270. The predicted molar refractivity (Wildman–Crippen MR) is 106 cm³/mol. The highest BCUT2D eigenvalue weighted by Crippen LogP contribution is 2.48. The van der Waals surface area contributed by atoms with Gasteiger partial charge in [-0.3, -0.25) is 19.5 Å². The van der Waals surface area contributed by atoms with Crippen molar-refractivity contribution in [3.8, 4) is 11.5 Å². The van der Waals surface area contributed by atoms with Crippen LogP contribution in [0.1, 0.15) is 25.7 Å². The monoisotopic (exact) mass is 398 g/mol. The van der Waals surface area contributed by atoms with Gasteiger partial charge >= 0.3 is 0 Å². The molecule has 3 aliphatic heterocycles. The number of nitrogens with one attached hydrogen (secondary N) is 2. The summed E-state index contributed by atoms with van der Waals surface area (Å²) < 4.78 is 11.0. The maximum atomic E-state index is 12.5. The third-order valence-corrected chi connectivity index (χ3v) is 6.38. The van der Waals surface area contributed by atoms with Crippen molar-refractivity contribution in [2.45, 2.75) is 31.8 Å². The summed E-state index contributed by atoms with van der Waals surface area (Å²) in [5.41, 5.74) is 4.31. The summed E-state index contributed by atoms with van der Waals surface area (Å²) in [6, 6.07) is 5.28. The van der Waals surface area contributed by atoms with Gasteiger partial charge in [-0.25, -0.2) is 5.43 Å². The van der Waals surface area contributed by atoms with Crippen LogP contribution >= 0.6 is 0 Å². The molecule has 1 saturated carbocycles. The number of carbonyl (C=O) groups is 2. The molecular formula is C21H26N4O4. The zero-order valence-electron chi connectivity index (χ0n) is 16.4. The molecule has 0 radical (unpaired) electrons. The summed E-state index contributed by atoms with van der Waals surface area (Å²) in [6.07, 6.45) is 8.57. The molecule has 29 heavy (non-hydrogen) atoms. The highest BCUT2D eigenvalue weighted by molar-refractivity contribution is 5.97. The van der Waals surface area contributed by atoms with Crippen LogP contribution in [0, 0.1) is 5.41 Å². The molecule has 154 valence electrons. The van der Waals surface area contributed by atoms with Gasteiger partial charge in [0.05, 0.1) is 6.17 Å². The fourth-order valence-electron chi connectivity index (χ4n) is 4.61. The number of likely N-dealkylation sites (tertiary alicyclic amines) is 1. The molecule has 8 heteroatoms. The zero-order valence-corrected chi connectivity index (χ0v) is 16.4. The van der Waals surface area contributed by atoms with Gasteiger partial charge in [0.2, 0.25) is 5.91 Å². The molecule has 0 bridgehead atoms. The molecule has 2 fully saturated rings. The second-order valence-electron chi connectivity index (χ2n) is 8.34. The van der Waals surface area contributed by atoms with E-state index in [1.165, 1.54) is 30.7 Å². The molecule has 2 N–H and O–H groups in total. The van der Waals surface area contributed by atoms with Gasteiger partial charge in [0, 0.05) is 30.9 Å². The number of anilines is 1. The van der Waals surface area contributed by atoms with Gasteiger partial charge in [-0.05, 0) is 42.9 Å². The van der Waals surface area contributed by atoms with E-state index in [0.29, 0.717) is 35.8 Å². The normalized spacial score (nSPS) is 25.2. The smallest absolute Gasteiger partial charge is 0.261 e. The van der Waals surface area contributed by atoms with E-state index in [1.807, 2.05) is 6.08 Å². The SMILES string of the molecule is O=C(CN1NC(N2CCC3(CCC3)C2)C=CC1=O)Nc1ccc2c(c1)OCCO2. The third kappa shape index (κ3) is 3.70. The number of nitrogens with zero attached hydrogens (tertiary/aromatic N) is 2. The molecule has 1 unspecified atom stereocenters. The van der Waals surface area contributed by atoms with Gasteiger partial charge in [-0.2, -0.15) is 0 Å². The molecule has 1 aromatic rings. The largest absolute Gasteiger partial charge is 0.486 e. The quantitative estimate of drug-likeness (QED) is 0.800. The van der Waals surface area contributed by atoms with Crippen LogP contribution in [0.3, 0.4) is 0 Å². The summed E-state index contributed by atoms with van der Waals surface area (Å²) in [5.74, 6) is 0.803. The van der Waals surface area contributed by atoms with E-state index >= 15 is 0 Å². The Morgan fingerprint density at radius 1 is 1.21 bits per heavy atom. The Hall–Kier alpha value is -2.58. The van der Waals surface area contributed by atoms with E-state index in [1.54, 1.807) is 24.3 Å². The average molecular weight is 398 g/mol. The van der Waals surface area contributed by atoms with E-state index in [2.05, 4.69) is 15.6 Å². The van der Waals surface area contributed by atoms with Crippen LogP contribution in [-0.2, 0) is 9.59 Å². The van der Waals surface area contributed by atoms with E-state index < -0.39 is 0 Å². The first-order chi connectivity index (χ1) is 14.1. The molecule has 1 spiro atoms.